The Bertz CT molecular complexity index is 313. The van der Waals surface area contributed by atoms with Crippen LogP contribution in [-0.2, 0) is 4.74 Å². The van der Waals surface area contributed by atoms with Gasteiger partial charge in [-0.05, 0) is 0 Å². The van der Waals surface area contributed by atoms with Crippen molar-refractivity contribution < 1.29 is 4.74 Å². The summed E-state index contributed by atoms with van der Waals surface area (Å²) in [6, 6.07) is 1.87. The summed E-state index contributed by atoms with van der Waals surface area (Å²) >= 11 is 0. The van der Waals surface area contributed by atoms with Crippen molar-refractivity contribution in [1.29, 1.82) is 0 Å². The molecule has 0 radical (unpaired) electrons. The second-order valence-corrected chi connectivity index (χ2v) is 3.25. The maximum Gasteiger partial charge on any atom is 0.145 e. The van der Waals surface area contributed by atoms with Crippen LogP contribution in [0.2, 0.25) is 0 Å². The Morgan fingerprint density at radius 2 is 2.00 bits per heavy atom. The van der Waals surface area contributed by atoms with Gasteiger partial charge in [0.05, 0.1) is 13.2 Å². The average Bonchev–Trinajstić information content (AvgIpc) is 2.31. The molecule has 82 valence electrons. The lowest BCUT2D eigenvalue weighted by Crippen LogP contribution is -2.40. The van der Waals surface area contributed by atoms with E-state index >= 15 is 0 Å². The van der Waals surface area contributed by atoms with Gasteiger partial charge in [-0.25, -0.2) is 15.0 Å². The molecular weight excluding hydrogens is 194 g/mol. The fraction of sp³-hybridized carbons (Fsp3) is 0.556. The minimum Gasteiger partial charge on any atom is -0.379 e. The highest BCUT2D eigenvalue weighted by Gasteiger charge is 2.10. The molecule has 1 saturated heterocycles. The van der Waals surface area contributed by atoms with Gasteiger partial charge in [-0.3, -0.25) is 0 Å². The van der Waals surface area contributed by atoms with Crippen LogP contribution in [0.3, 0.4) is 0 Å². The molecule has 6 nitrogen and oxygen atoms in total. The van der Waals surface area contributed by atoms with Crippen LogP contribution in [0, 0.1) is 0 Å². The monoisotopic (exact) mass is 209 g/mol. The first-order valence-corrected chi connectivity index (χ1v) is 4.97. The first kappa shape index (κ1) is 10.1. The van der Waals surface area contributed by atoms with E-state index in [1.54, 1.807) is 0 Å². The van der Waals surface area contributed by atoms with E-state index in [0.717, 1.165) is 37.9 Å². The van der Waals surface area contributed by atoms with Crippen LogP contribution >= 0.6 is 0 Å². The number of hydrazine groups is 1. The van der Waals surface area contributed by atoms with Gasteiger partial charge in [0.1, 0.15) is 18.0 Å². The smallest absolute Gasteiger partial charge is 0.145 e. The summed E-state index contributed by atoms with van der Waals surface area (Å²) in [6.45, 7) is 3.27. The van der Waals surface area contributed by atoms with Gasteiger partial charge in [0.25, 0.3) is 0 Å². The third-order valence-electron chi connectivity index (χ3n) is 2.21. The van der Waals surface area contributed by atoms with Gasteiger partial charge >= 0.3 is 0 Å². The fourth-order valence-electron chi connectivity index (χ4n) is 1.39. The Morgan fingerprint density at radius 1 is 1.27 bits per heavy atom. The number of aromatic nitrogens is 2. The van der Waals surface area contributed by atoms with E-state index in [2.05, 4.69) is 25.7 Å². The van der Waals surface area contributed by atoms with Crippen molar-refractivity contribution in [2.24, 2.45) is 0 Å². The third kappa shape index (κ3) is 2.77. The zero-order valence-electron chi connectivity index (χ0n) is 8.73. The van der Waals surface area contributed by atoms with E-state index in [1.165, 1.54) is 6.33 Å². The summed E-state index contributed by atoms with van der Waals surface area (Å²) in [7, 11) is 1.83. The molecule has 1 aliphatic rings. The van der Waals surface area contributed by atoms with Crippen LogP contribution in [0.4, 0.5) is 11.6 Å². The molecule has 0 amide bonds. The standard InChI is InChI=1S/C9H15N5O/c1-10-8-6-9(12-7-11-8)13-14-2-4-15-5-3-14/h6-7H,2-5H2,1H3,(H2,10,11,12,13). The maximum atomic E-state index is 5.26. The van der Waals surface area contributed by atoms with Gasteiger partial charge in [0.15, 0.2) is 0 Å². The van der Waals surface area contributed by atoms with Crippen molar-refractivity contribution in [2.75, 3.05) is 44.1 Å². The molecule has 1 aromatic heterocycles. The molecule has 0 aromatic carbocycles. The maximum absolute atomic E-state index is 5.26. The lowest BCUT2D eigenvalue weighted by Gasteiger charge is -2.27. The van der Waals surface area contributed by atoms with Crippen LogP contribution < -0.4 is 10.7 Å². The van der Waals surface area contributed by atoms with Gasteiger partial charge in [-0.2, -0.15) is 0 Å². The molecule has 15 heavy (non-hydrogen) atoms. The molecule has 2 heterocycles. The van der Waals surface area contributed by atoms with Crippen molar-refractivity contribution in [2.45, 2.75) is 0 Å². The van der Waals surface area contributed by atoms with Crippen molar-refractivity contribution in [3.05, 3.63) is 12.4 Å². The van der Waals surface area contributed by atoms with Crippen LogP contribution in [0.25, 0.3) is 0 Å². The van der Waals surface area contributed by atoms with Gasteiger partial charge < -0.3 is 15.5 Å². The lowest BCUT2D eigenvalue weighted by atomic mass is 10.5. The normalized spacial score (nSPS) is 17.4. The number of hydrogen-bond donors (Lipinski definition) is 2. The van der Waals surface area contributed by atoms with Crippen LogP contribution in [0.5, 0.6) is 0 Å². The molecule has 0 spiro atoms. The average molecular weight is 209 g/mol. The highest BCUT2D eigenvalue weighted by atomic mass is 16.5. The number of nitrogens with zero attached hydrogens (tertiary/aromatic N) is 3. The molecule has 2 N–H and O–H groups in total. The van der Waals surface area contributed by atoms with Crippen molar-refractivity contribution in [3.8, 4) is 0 Å². The molecule has 0 unspecified atom stereocenters. The number of rotatable bonds is 3. The number of hydrogen-bond acceptors (Lipinski definition) is 6. The second-order valence-electron chi connectivity index (χ2n) is 3.25. The predicted molar refractivity (Wildman–Crippen MR) is 57.6 cm³/mol. The largest absolute Gasteiger partial charge is 0.379 e. The summed E-state index contributed by atoms with van der Waals surface area (Å²) in [5, 5.41) is 5.06. The van der Waals surface area contributed by atoms with Crippen LogP contribution in [-0.4, -0.2) is 48.3 Å². The molecule has 6 heteroatoms. The van der Waals surface area contributed by atoms with E-state index < -0.39 is 0 Å². The molecule has 0 saturated carbocycles. The Hall–Kier alpha value is -1.40. The molecule has 2 rings (SSSR count). The summed E-state index contributed by atoms with van der Waals surface area (Å²) in [5.74, 6) is 1.61. The zero-order chi connectivity index (χ0) is 10.5. The first-order chi connectivity index (χ1) is 7.38. The summed E-state index contributed by atoms with van der Waals surface area (Å²) < 4.78 is 5.26. The van der Waals surface area contributed by atoms with E-state index in [1.807, 2.05) is 13.1 Å². The number of morpholine rings is 1. The topological polar surface area (TPSA) is 62.3 Å². The van der Waals surface area contributed by atoms with Gasteiger partial charge in [0, 0.05) is 26.2 Å². The van der Waals surface area contributed by atoms with E-state index in [-0.39, 0.29) is 0 Å². The number of ether oxygens (including phenoxy) is 1. The lowest BCUT2D eigenvalue weighted by molar-refractivity contribution is 0.0495. The Morgan fingerprint density at radius 3 is 2.73 bits per heavy atom. The zero-order valence-corrected chi connectivity index (χ0v) is 8.73. The van der Waals surface area contributed by atoms with E-state index in [4.69, 9.17) is 4.74 Å². The van der Waals surface area contributed by atoms with Crippen LogP contribution in [0.15, 0.2) is 12.4 Å². The molecule has 1 aliphatic heterocycles. The Balaban J connectivity index is 1.96. The molecule has 0 bridgehead atoms. The number of anilines is 2. The van der Waals surface area contributed by atoms with Crippen LogP contribution in [0.1, 0.15) is 0 Å². The minimum atomic E-state index is 0.761. The molecular formula is C9H15N5O. The highest BCUT2D eigenvalue weighted by Crippen LogP contribution is 2.09. The fourth-order valence-corrected chi connectivity index (χ4v) is 1.39. The third-order valence-corrected chi connectivity index (χ3v) is 2.21. The quantitative estimate of drug-likeness (QED) is 0.740. The second kappa shape index (κ2) is 4.90. The molecule has 0 atom stereocenters. The molecule has 0 aliphatic carbocycles. The van der Waals surface area contributed by atoms with E-state index in [0.29, 0.717) is 0 Å². The SMILES string of the molecule is CNc1cc(NN2CCOCC2)ncn1. The summed E-state index contributed by atoms with van der Waals surface area (Å²) in [5.41, 5.74) is 3.22. The first-order valence-electron chi connectivity index (χ1n) is 4.97. The minimum absolute atomic E-state index is 0.761. The van der Waals surface area contributed by atoms with Crippen molar-refractivity contribution in [3.63, 3.8) is 0 Å². The van der Waals surface area contributed by atoms with Gasteiger partial charge in [0.2, 0.25) is 0 Å². The van der Waals surface area contributed by atoms with Crippen molar-refractivity contribution in [1.82, 2.24) is 15.0 Å². The summed E-state index contributed by atoms with van der Waals surface area (Å²) in [6.07, 6.45) is 1.54. The molecule has 1 fully saturated rings. The highest BCUT2D eigenvalue weighted by molar-refractivity contribution is 5.45. The summed E-state index contributed by atoms with van der Waals surface area (Å²) in [4.78, 5) is 8.18. The van der Waals surface area contributed by atoms with Gasteiger partial charge in [-0.15, -0.1) is 0 Å². The Kier molecular flexibility index (Phi) is 3.31. The van der Waals surface area contributed by atoms with Crippen molar-refractivity contribution >= 4 is 11.6 Å². The van der Waals surface area contributed by atoms with E-state index in [9.17, 15) is 0 Å². The Labute approximate surface area is 88.6 Å². The molecule has 1 aromatic rings. The number of nitrogens with one attached hydrogen (secondary N) is 2. The van der Waals surface area contributed by atoms with Gasteiger partial charge in [-0.1, -0.05) is 0 Å². The predicted octanol–water partition coefficient (Wildman–Crippen LogP) is 0.177.